The maximum absolute atomic E-state index is 10.8. The molecule has 1 N–H and O–H groups in total. The molecule has 0 spiro atoms. The average molecular weight is 295 g/mol. The van der Waals surface area contributed by atoms with Gasteiger partial charge in [-0.25, -0.2) is 0 Å². The van der Waals surface area contributed by atoms with Crippen molar-refractivity contribution in [2.24, 2.45) is 0 Å². The fraction of sp³-hybridized carbons (Fsp3) is 0.167. The first-order valence-corrected chi connectivity index (χ1v) is 5.97. The Labute approximate surface area is 107 Å². The fourth-order valence-corrected chi connectivity index (χ4v) is 2.39. The van der Waals surface area contributed by atoms with E-state index in [0.29, 0.717) is 0 Å². The summed E-state index contributed by atoms with van der Waals surface area (Å²) < 4.78 is 0.890. The van der Waals surface area contributed by atoms with E-state index in [1.807, 2.05) is 36.4 Å². The number of halogens is 1. The molecule has 2 rings (SSSR count). The molecule has 88 valence electrons. The molecule has 1 atom stereocenters. The molecule has 1 aromatic carbocycles. The van der Waals surface area contributed by atoms with Crippen molar-refractivity contribution >= 4 is 15.9 Å². The number of hydrogen-bond donors (Lipinski definition) is 1. The molecule has 0 aliphatic heterocycles. The average Bonchev–Trinajstić information content (AvgIpc) is 2.80. The molecule has 1 aromatic heterocycles. The van der Waals surface area contributed by atoms with Gasteiger partial charge in [-0.3, -0.25) is 10.1 Å². The van der Waals surface area contributed by atoms with Crippen LogP contribution >= 0.6 is 15.9 Å². The topological polar surface area (TPSA) is 58.9 Å². The van der Waals surface area contributed by atoms with Crippen molar-refractivity contribution in [2.75, 3.05) is 6.54 Å². The molecule has 0 unspecified atom stereocenters. The SMILES string of the molecule is O=[N+]([O-])C[C@@H](c1ccc[nH]1)c1ccccc1Br. The Hall–Kier alpha value is -1.62. The zero-order valence-electron chi connectivity index (χ0n) is 8.97. The molecule has 0 aliphatic carbocycles. The molecular weight excluding hydrogens is 284 g/mol. The summed E-state index contributed by atoms with van der Waals surface area (Å²) in [6.07, 6.45) is 1.78. The molecular formula is C12H11BrN2O2. The van der Waals surface area contributed by atoms with Crippen LogP contribution in [0.2, 0.25) is 0 Å². The lowest BCUT2D eigenvalue weighted by Gasteiger charge is -2.13. The number of aromatic nitrogens is 1. The maximum Gasteiger partial charge on any atom is 0.216 e. The third kappa shape index (κ3) is 2.74. The smallest absolute Gasteiger partial charge is 0.216 e. The van der Waals surface area contributed by atoms with E-state index in [1.54, 1.807) is 6.20 Å². The first-order chi connectivity index (χ1) is 8.18. The largest absolute Gasteiger partial charge is 0.364 e. The summed E-state index contributed by atoms with van der Waals surface area (Å²) in [4.78, 5) is 13.5. The Kier molecular flexibility index (Phi) is 3.58. The van der Waals surface area contributed by atoms with Crippen molar-refractivity contribution in [1.29, 1.82) is 0 Å². The summed E-state index contributed by atoms with van der Waals surface area (Å²) in [5, 5.41) is 10.8. The molecule has 0 bridgehead atoms. The van der Waals surface area contributed by atoms with Crippen LogP contribution in [0.4, 0.5) is 0 Å². The van der Waals surface area contributed by atoms with Gasteiger partial charge in [0.05, 0.1) is 5.92 Å². The van der Waals surface area contributed by atoms with Gasteiger partial charge in [0, 0.05) is 21.3 Å². The molecule has 0 aliphatic rings. The van der Waals surface area contributed by atoms with Crippen molar-refractivity contribution in [3.8, 4) is 0 Å². The van der Waals surface area contributed by atoms with Gasteiger partial charge in [0.2, 0.25) is 6.54 Å². The van der Waals surface area contributed by atoms with Crippen molar-refractivity contribution in [2.45, 2.75) is 5.92 Å². The van der Waals surface area contributed by atoms with E-state index in [1.165, 1.54) is 0 Å². The van der Waals surface area contributed by atoms with Gasteiger partial charge in [-0.1, -0.05) is 34.1 Å². The van der Waals surface area contributed by atoms with Gasteiger partial charge in [0.1, 0.15) is 0 Å². The Morgan fingerprint density at radius 3 is 2.65 bits per heavy atom. The second kappa shape index (κ2) is 5.14. The second-order valence-corrected chi connectivity index (χ2v) is 4.57. The summed E-state index contributed by atoms with van der Waals surface area (Å²) >= 11 is 3.44. The van der Waals surface area contributed by atoms with Crippen molar-refractivity contribution in [3.05, 3.63) is 68.4 Å². The van der Waals surface area contributed by atoms with Gasteiger partial charge in [-0.05, 0) is 23.8 Å². The molecule has 0 saturated carbocycles. The predicted octanol–water partition coefficient (Wildman–Crippen LogP) is 3.19. The van der Waals surface area contributed by atoms with E-state index < -0.39 is 0 Å². The summed E-state index contributed by atoms with van der Waals surface area (Å²) in [6, 6.07) is 11.3. The van der Waals surface area contributed by atoms with Gasteiger partial charge >= 0.3 is 0 Å². The fourth-order valence-electron chi connectivity index (χ4n) is 1.83. The Morgan fingerprint density at radius 2 is 2.06 bits per heavy atom. The number of nitrogens with one attached hydrogen (secondary N) is 1. The first kappa shape index (κ1) is 11.9. The van der Waals surface area contributed by atoms with E-state index in [0.717, 1.165) is 15.7 Å². The van der Waals surface area contributed by atoms with Crippen molar-refractivity contribution < 1.29 is 4.92 Å². The summed E-state index contributed by atoms with van der Waals surface area (Å²) in [5.41, 5.74) is 1.78. The van der Waals surface area contributed by atoms with Crippen LogP contribution in [-0.4, -0.2) is 16.5 Å². The number of nitrogens with zero attached hydrogens (tertiary/aromatic N) is 1. The lowest BCUT2D eigenvalue weighted by molar-refractivity contribution is -0.482. The first-order valence-electron chi connectivity index (χ1n) is 5.18. The van der Waals surface area contributed by atoms with Crippen LogP contribution < -0.4 is 0 Å². The molecule has 4 nitrogen and oxygen atoms in total. The third-order valence-electron chi connectivity index (χ3n) is 2.61. The second-order valence-electron chi connectivity index (χ2n) is 3.71. The zero-order chi connectivity index (χ0) is 12.3. The summed E-state index contributed by atoms with van der Waals surface area (Å²) in [5.74, 6) is -0.254. The molecule has 17 heavy (non-hydrogen) atoms. The van der Waals surface area contributed by atoms with Crippen LogP contribution in [0.15, 0.2) is 47.1 Å². The van der Waals surface area contributed by atoms with E-state index in [4.69, 9.17) is 0 Å². The number of rotatable bonds is 4. The number of H-pyrrole nitrogens is 1. The monoisotopic (exact) mass is 294 g/mol. The molecule has 2 aromatic rings. The highest BCUT2D eigenvalue weighted by Gasteiger charge is 2.22. The van der Waals surface area contributed by atoms with Crippen LogP contribution in [0.3, 0.4) is 0 Å². The maximum atomic E-state index is 10.8. The Bertz CT molecular complexity index is 511. The number of nitro groups is 1. The van der Waals surface area contributed by atoms with Gasteiger partial charge in [-0.2, -0.15) is 0 Å². The lowest BCUT2D eigenvalue weighted by atomic mass is 9.96. The standard InChI is InChI=1S/C12H11BrN2O2/c13-11-5-2-1-4-9(11)10(8-15(16)17)12-6-3-7-14-12/h1-7,10,14H,8H2/t10-/m1/s1. The van der Waals surface area contributed by atoms with Gasteiger partial charge in [0.25, 0.3) is 0 Å². The minimum atomic E-state index is -0.287. The van der Waals surface area contributed by atoms with Crippen molar-refractivity contribution in [1.82, 2.24) is 4.98 Å². The van der Waals surface area contributed by atoms with E-state index in [-0.39, 0.29) is 17.4 Å². The highest BCUT2D eigenvalue weighted by molar-refractivity contribution is 9.10. The van der Waals surface area contributed by atoms with E-state index >= 15 is 0 Å². The van der Waals surface area contributed by atoms with Crippen LogP contribution in [0.25, 0.3) is 0 Å². The summed E-state index contributed by atoms with van der Waals surface area (Å²) in [7, 11) is 0. The molecule has 0 radical (unpaired) electrons. The lowest BCUT2D eigenvalue weighted by Crippen LogP contribution is -2.14. The highest BCUT2D eigenvalue weighted by Crippen LogP contribution is 2.29. The third-order valence-corrected chi connectivity index (χ3v) is 3.33. The predicted molar refractivity (Wildman–Crippen MR) is 68.6 cm³/mol. The minimum Gasteiger partial charge on any atom is -0.364 e. The van der Waals surface area contributed by atoms with Gasteiger partial charge < -0.3 is 4.98 Å². The van der Waals surface area contributed by atoms with E-state index in [9.17, 15) is 10.1 Å². The molecule has 0 saturated heterocycles. The van der Waals surface area contributed by atoms with Crippen molar-refractivity contribution in [3.63, 3.8) is 0 Å². The Morgan fingerprint density at radius 1 is 1.29 bits per heavy atom. The zero-order valence-corrected chi connectivity index (χ0v) is 10.6. The normalized spacial score (nSPS) is 12.3. The molecule has 0 fully saturated rings. The molecule has 1 heterocycles. The van der Waals surface area contributed by atoms with Crippen LogP contribution in [-0.2, 0) is 0 Å². The number of hydrogen-bond acceptors (Lipinski definition) is 2. The Balaban J connectivity index is 2.41. The van der Waals surface area contributed by atoms with Crippen LogP contribution in [0.5, 0.6) is 0 Å². The highest BCUT2D eigenvalue weighted by atomic mass is 79.9. The number of aromatic amines is 1. The minimum absolute atomic E-state index is 0.122. The molecule has 0 amide bonds. The van der Waals surface area contributed by atoms with Crippen LogP contribution in [0.1, 0.15) is 17.2 Å². The molecule has 5 heteroatoms. The summed E-state index contributed by atoms with van der Waals surface area (Å²) in [6.45, 7) is -0.122. The van der Waals surface area contributed by atoms with Crippen LogP contribution in [0, 0.1) is 10.1 Å². The van der Waals surface area contributed by atoms with Gasteiger partial charge in [0.15, 0.2) is 0 Å². The number of benzene rings is 1. The van der Waals surface area contributed by atoms with Gasteiger partial charge in [-0.15, -0.1) is 0 Å². The van der Waals surface area contributed by atoms with E-state index in [2.05, 4.69) is 20.9 Å². The quantitative estimate of drug-likeness (QED) is 0.695.